The summed E-state index contributed by atoms with van der Waals surface area (Å²) < 4.78 is 0. The molecule has 0 aromatic rings. The molecule has 44 valence electrons. The molecule has 0 aromatic carbocycles. The van der Waals surface area contributed by atoms with Crippen LogP contribution >= 0.6 is 0 Å². The van der Waals surface area contributed by atoms with E-state index in [1.807, 2.05) is 0 Å². The fraction of sp³-hybridized carbons (Fsp3) is 0. The van der Waals surface area contributed by atoms with Gasteiger partial charge in [0.2, 0.25) is 0 Å². The lowest BCUT2D eigenvalue weighted by atomic mass is 10.3. The van der Waals surface area contributed by atoms with E-state index in [1.54, 1.807) is 12.3 Å². The fourth-order valence-corrected chi connectivity index (χ4v) is 0.821. The molecule has 3 nitrogen and oxygen atoms in total. The predicted octanol–water partition coefficient (Wildman–Crippen LogP) is 0.809. The van der Waals surface area contributed by atoms with Crippen LogP contribution in [0.3, 0.4) is 0 Å². The normalized spacial score (nSPS) is 21.1. The molecule has 0 aliphatic carbocycles. The minimum Gasteiger partial charge on any atom is -0.504 e. The molecular formula is C6H4N2O. The van der Waals surface area contributed by atoms with Crippen LogP contribution in [0.25, 0.3) is 0 Å². The quantitative estimate of drug-likeness (QED) is 0.505. The van der Waals surface area contributed by atoms with Gasteiger partial charge in [-0.2, -0.15) is 0 Å². The van der Waals surface area contributed by atoms with Crippen molar-refractivity contribution in [3.8, 4) is 0 Å². The van der Waals surface area contributed by atoms with E-state index in [-0.39, 0.29) is 5.76 Å². The van der Waals surface area contributed by atoms with Gasteiger partial charge in [-0.1, -0.05) is 0 Å². The van der Waals surface area contributed by atoms with Crippen molar-refractivity contribution in [2.24, 2.45) is 9.98 Å². The van der Waals surface area contributed by atoms with Gasteiger partial charge in [-0.15, -0.1) is 0 Å². The van der Waals surface area contributed by atoms with Crippen molar-refractivity contribution >= 4 is 12.4 Å². The Hall–Kier alpha value is -1.38. The summed E-state index contributed by atoms with van der Waals surface area (Å²) in [5.41, 5.74) is 1.35. The minimum absolute atomic E-state index is 0.162. The van der Waals surface area contributed by atoms with E-state index in [0.717, 1.165) is 5.70 Å². The molecule has 0 unspecified atom stereocenters. The van der Waals surface area contributed by atoms with Crippen LogP contribution in [-0.2, 0) is 0 Å². The van der Waals surface area contributed by atoms with Crippen LogP contribution in [0.1, 0.15) is 0 Å². The highest BCUT2D eigenvalue weighted by molar-refractivity contribution is 5.90. The number of fused-ring (bicyclic) bond motifs is 1. The summed E-state index contributed by atoms with van der Waals surface area (Å²) in [6.45, 7) is 0. The molecule has 2 aliphatic rings. The van der Waals surface area contributed by atoms with Crippen LogP contribution in [-0.4, -0.2) is 17.5 Å². The summed E-state index contributed by atoms with van der Waals surface area (Å²) in [5, 5.41) is 8.98. The molecule has 0 amide bonds. The smallest absolute Gasteiger partial charge is 0.161 e. The molecule has 1 N–H and O–H groups in total. The van der Waals surface area contributed by atoms with E-state index in [0.29, 0.717) is 5.70 Å². The second-order valence-electron chi connectivity index (χ2n) is 1.82. The maximum Gasteiger partial charge on any atom is 0.161 e. The lowest BCUT2D eigenvalue weighted by Crippen LogP contribution is -1.79. The van der Waals surface area contributed by atoms with Crippen LogP contribution < -0.4 is 0 Å². The highest BCUT2D eigenvalue weighted by Crippen LogP contribution is 2.23. The third-order valence-corrected chi connectivity index (χ3v) is 1.25. The first kappa shape index (κ1) is 4.49. The molecule has 0 saturated heterocycles. The Morgan fingerprint density at radius 2 is 2.22 bits per heavy atom. The van der Waals surface area contributed by atoms with Crippen molar-refractivity contribution < 1.29 is 5.11 Å². The van der Waals surface area contributed by atoms with Crippen LogP contribution in [0.5, 0.6) is 0 Å². The average Bonchev–Trinajstić information content (AvgIpc) is 2.35. The second kappa shape index (κ2) is 1.31. The zero-order valence-corrected chi connectivity index (χ0v) is 4.57. The fourth-order valence-electron chi connectivity index (χ4n) is 0.821. The molecule has 0 aromatic heterocycles. The molecular weight excluding hydrogens is 116 g/mol. The van der Waals surface area contributed by atoms with E-state index in [1.165, 1.54) is 6.21 Å². The monoisotopic (exact) mass is 120 g/mol. The zero-order chi connectivity index (χ0) is 6.27. The summed E-state index contributed by atoms with van der Waals surface area (Å²) in [4.78, 5) is 7.73. The molecule has 0 fully saturated rings. The van der Waals surface area contributed by atoms with E-state index in [4.69, 9.17) is 5.11 Å². The molecule has 0 saturated carbocycles. The second-order valence-corrected chi connectivity index (χ2v) is 1.82. The topological polar surface area (TPSA) is 45.0 Å². The Labute approximate surface area is 51.8 Å². The number of aliphatic hydroxyl groups is 1. The molecule has 0 spiro atoms. The van der Waals surface area contributed by atoms with E-state index >= 15 is 0 Å². The van der Waals surface area contributed by atoms with Crippen molar-refractivity contribution in [2.75, 3.05) is 0 Å². The summed E-state index contributed by atoms with van der Waals surface area (Å²) in [6, 6.07) is 0. The largest absolute Gasteiger partial charge is 0.504 e. The van der Waals surface area contributed by atoms with Crippen molar-refractivity contribution in [1.82, 2.24) is 0 Å². The van der Waals surface area contributed by atoms with Gasteiger partial charge in [0.1, 0.15) is 5.70 Å². The van der Waals surface area contributed by atoms with Crippen LogP contribution in [0.4, 0.5) is 0 Å². The SMILES string of the molecule is OC1=C2N=CC=C2N=C1. The molecule has 3 heteroatoms. The third-order valence-electron chi connectivity index (χ3n) is 1.25. The van der Waals surface area contributed by atoms with Crippen molar-refractivity contribution in [3.63, 3.8) is 0 Å². The van der Waals surface area contributed by atoms with Gasteiger partial charge >= 0.3 is 0 Å². The molecule has 0 bridgehead atoms. The van der Waals surface area contributed by atoms with Gasteiger partial charge in [0, 0.05) is 6.21 Å². The lowest BCUT2D eigenvalue weighted by molar-refractivity contribution is 0.443. The molecule has 2 aliphatic heterocycles. The number of rotatable bonds is 0. The molecule has 2 heterocycles. The van der Waals surface area contributed by atoms with Crippen molar-refractivity contribution in [3.05, 3.63) is 23.2 Å². The van der Waals surface area contributed by atoms with Crippen LogP contribution in [0.15, 0.2) is 33.2 Å². The molecule has 2 rings (SSSR count). The van der Waals surface area contributed by atoms with Gasteiger partial charge in [0.15, 0.2) is 5.76 Å². The molecule has 0 radical (unpaired) electrons. The van der Waals surface area contributed by atoms with E-state index < -0.39 is 0 Å². The first-order valence-electron chi connectivity index (χ1n) is 2.60. The molecule has 0 atom stereocenters. The Morgan fingerprint density at radius 3 is 3.00 bits per heavy atom. The highest BCUT2D eigenvalue weighted by atomic mass is 16.3. The summed E-state index contributed by atoms with van der Waals surface area (Å²) in [6.07, 6.45) is 4.78. The number of aliphatic imine (C=N–C) groups is 2. The number of nitrogens with zero attached hydrogens (tertiary/aromatic N) is 2. The van der Waals surface area contributed by atoms with Gasteiger partial charge in [0.05, 0.1) is 11.9 Å². The van der Waals surface area contributed by atoms with Gasteiger partial charge in [0.25, 0.3) is 0 Å². The van der Waals surface area contributed by atoms with Gasteiger partial charge < -0.3 is 5.11 Å². The Bertz CT molecular complexity index is 271. The Kier molecular flexibility index (Phi) is 0.656. The Morgan fingerprint density at radius 1 is 1.33 bits per heavy atom. The lowest BCUT2D eigenvalue weighted by Gasteiger charge is -1.86. The maximum atomic E-state index is 8.98. The number of allylic oxidation sites excluding steroid dienone is 2. The van der Waals surface area contributed by atoms with Crippen molar-refractivity contribution in [1.29, 1.82) is 0 Å². The van der Waals surface area contributed by atoms with E-state index in [9.17, 15) is 0 Å². The zero-order valence-electron chi connectivity index (χ0n) is 4.57. The van der Waals surface area contributed by atoms with Crippen molar-refractivity contribution in [2.45, 2.75) is 0 Å². The number of hydrogen-bond acceptors (Lipinski definition) is 3. The first-order chi connectivity index (χ1) is 4.38. The third kappa shape index (κ3) is 0.455. The molecule has 9 heavy (non-hydrogen) atoms. The predicted molar refractivity (Wildman–Crippen MR) is 34.7 cm³/mol. The van der Waals surface area contributed by atoms with Gasteiger partial charge in [-0.05, 0) is 6.08 Å². The standard InChI is InChI=1S/C6H4N2O/c9-5-3-8-4-1-2-7-6(4)5/h1-3,9H. The van der Waals surface area contributed by atoms with Crippen LogP contribution in [0.2, 0.25) is 0 Å². The van der Waals surface area contributed by atoms with Gasteiger partial charge in [-0.3, -0.25) is 9.98 Å². The van der Waals surface area contributed by atoms with Crippen LogP contribution in [0, 0.1) is 0 Å². The average molecular weight is 120 g/mol. The van der Waals surface area contributed by atoms with E-state index in [2.05, 4.69) is 9.98 Å². The summed E-state index contributed by atoms with van der Waals surface area (Å²) in [5.74, 6) is 0.162. The first-order valence-corrected chi connectivity index (χ1v) is 2.60. The number of hydrogen-bond donors (Lipinski definition) is 1. The van der Waals surface area contributed by atoms with Gasteiger partial charge in [-0.25, -0.2) is 0 Å². The summed E-state index contributed by atoms with van der Waals surface area (Å²) >= 11 is 0. The minimum atomic E-state index is 0.162. The number of aliphatic hydroxyl groups excluding tert-OH is 1. The Balaban J connectivity index is 2.62. The highest BCUT2D eigenvalue weighted by Gasteiger charge is 2.16. The summed E-state index contributed by atoms with van der Waals surface area (Å²) in [7, 11) is 0. The maximum absolute atomic E-state index is 8.98.